The average molecular weight is 296 g/mol. The van der Waals surface area contributed by atoms with Gasteiger partial charge in [0, 0.05) is 28.4 Å². The van der Waals surface area contributed by atoms with Crippen molar-refractivity contribution in [2.75, 3.05) is 5.32 Å². The lowest BCUT2D eigenvalue weighted by Gasteiger charge is -2.19. The molecule has 0 bridgehead atoms. The summed E-state index contributed by atoms with van der Waals surface area (Å²) < 4.78 is 1.00. The minimum atomic E-state index is -0.626. The van der Waals surface area contributed by atoms with Crippen LogP contribution in [0, 0.1) is 0 Å². The summed E-state index contributed by atoms with van der Waals surface area (Å²) in [7, 11) is 0. The van der Waals surface area contributed by atoms with Gasteiger partial charge in [0.1, 0.15) is 0 Å². The van der Waals surface area contributed by atoms with Crippen LogP contribution in [0.2, 0.25) is 0 Å². The van der Waals surface area contributed by atoms with E-state index in [-0.39, 0.29) is 5.78 Å². The van der Waals surface area contributed by atoms with Crippen LogP contribution in [0.1, 0.15) is 19.3 Å². The molecule has 0 spiro atoms. The second-order valence-corrected chi connectivity index (χ2v) is 5.00. The first-order valence-corrected chi connectivity index (χ1v) is 6.39. The molecular weight excluding hydrogens is 282 g/mol. The lowest BCUT2D eigenvalue weighted by molar-refractivity contribution is -0.117. The van der Waals surface area contributed by atoms with Crippen molar-refractivity contribution in [1.82, 2.24) is 0 Å². The van der Waals surface area contributed by atoms with E-state index >= 15 is 0 Å². The Kier molecular flexibility index (Phi) is 3.97. The molecule has 1 fully saturated rings. The molecule has 0 heterocycles. The van der Waals surface area contributed by atoms with Crippen LogP contribution in [-0.4, -0.2) is 17.0 Å². The summed E-state index contributed by atoms with van der Waals surface area (Å²) in [6.45, 7) is 0. The van der Waals surface area contributed by atoms with E-state index in [4.69, 9.17) is 0 Å². The van der Waals surface area contributed by atoms with E-state index < -0.39 is 6.10 Å². The third-order valence-corrected chi connectivity index (χ3v) is 3.33. The van der Waals surface area contributed by atoms with Crippen molar-refractivity contribution in [3.8, 4) is 0 Å². The number of nitrogens with one attached hydrogen (secondary N) is 1. The number of anilines is 1. The number of aliphatic hydroxyl groups is 1. The molecule has 2 N–H and O–H groups in total. The van der Waals surface area contributed by atoms with E-state index in [2.05, 4.69) is 21.2 Å². The molecule has 0 aliphatic heterocycles. The molecule has 0 radical (unpaired) electrons. The normalized spacial score (nSPS) is 22.8. The molecule has 90 valence electrons. The number of hydrogen-bond donors (Lipinski definition) is 2. The molecule has 17 heavy (non-hydrogen) atoms. The second kappa shape index (κ2) is 5.47. The van der Waals surface area contributed by atoms with Crippen LogP contribution >= 0.6 is 15.9 Å². The van der Waals surface area contributed by atoms with Gasteiger partial charge in [-0.05, 0) is 37.1 Å². The fourth-order valence-electron chi connectivity index (χ4n) is 1.83. The summed E-state index contributed by atoms with van der Waals surface area (Å²) in [5.74, 6) is 0.0355. The molecule has 1 unspecified atom stereocenters. The lowest BCUT2D eigenvalue weighted by Crippen LogP contribution is -2.24. The number of carbonyl (C=O) groups is 1. The first kappa shape index (κ1) is 12.3. The van der Waals surface area contributed by atoms with Gasteiger partial charge in [-0.25, -0.2) is 0 Å². The Bertz CT molecular complexity index is 439. The zero-order valence-electron chi connectivity index (χ0n) is 9.32. The van der Waals surface area contributed by atoms with Crippen molar-refractivity contribution in [2.45, 2.75) is 25.4 Å². The fourth-order valence-corrected chi connectivity index (χ4v) is 2.09. The van der Waals surface area contributed by atoms with Crippen molar-refractivity contribution < 1.29 is 9.90 Å². The van der Waals surface area contributed by atoms with Crippen molar-refractivity contribution >= 4 is 27.4 Å². The van der Waals surface area contributed by atoms with E-state index in [1.54, 1.807) is 6.20 Å². The Morgan fingerprint density at radius 3 is 2.71 bits per heavy atom. The van der Waals surface area contributed by atoms with Gasteiger partial charge in [0.15, 0.2) is 5.78 Å². The van der Waals surface area contributed by atoms with E-state index in [0.29, 0.717) is 18.4 Å². The van der Waals surface area contributed by atoms with Crippen LogP contribution in [0.4, 0.5) is 5.69 Å². The van der Waals surface area contributed by atoms with E-state index in [1.807, 2.05) is 24.3 Å². The van der Waals surface area contributed by atoms with Gasteiger partial charge in [-0.1, -0.05) is 15.9 Å². The molecule has 1 saturated carbocycles. The maximum absolute atomic E-state index is 11.6. The van der Waals surface area contributed by atoms with Crippen LogP contribution in [-0.2, 0) is 4.79 Å². The highest BCUT2D eigenvalue weighted by Crippen LogP contribution is 2.21. The van der Waals surface area contributed by atoms with Crippen molar-refractivity contribution in [3.63, 3.8) is 0 Å². The van der Waals surface area contributed by atoms with E-state index in [0.717, 1.165) is 16.6 Å². The second-order valence-electron chi connectivity index (χ2n) is 4.08. The summed E-state index contributed by atoms with van der Waals surface area (Å²) >= 11 is 3.35. The number of rotatable bonds is 2. The quantitative estimate of drug-likeness (QED) is 0.825. The molecule has 2 rings (SSSR count). The van der Waals surface area contributed by atoms with Crippen LogP contribution in [0.15, 0.2) is 40.5 Å². The first-order valence-electron chi connectivity index (χ1n) is 5.60. The van der Waals surface area contributed by atoms with E-state index in [1.165, 1.54) is 0 Å². The number of aliphatic hydroxyl groups excluding tert-OH is 1. The van der Waals surface area contributed by atoms with Gasteiger partial charge < -0.3 is 10.4 Å². The summed E-state index contributed by atoms with van der Waals surface area (Å²) in [5, 5.41) is 12.8. The molecule has 1 aliphatic rings. The van der Waals surface area contributed by atoms with Crippen molar-refractivity contribution in [3.05, 3.63) is 40.5 Å². The average Bonchev–Trinajstić information content (AvgIpc) is 2.31. The van der Waals surface area contributed by atoms with Crippen LogP contribution < -0.4 is 5.32 Å². The van der Waals surface area contributed by atoms with Gasteiger partial charge >= 0.3 is 0 Å². The van der Waals surface area contributed by atoms with Crippen molar-refractivity contribution in [1.29, 1.82) is 0 Å². The number of carbonyl (C=O) groups excluding carboxylic acids is 1. The number of Topliss-reactive ketones (excluding diaryl/α,β-unsaturated/α-hetero) is 1. The summed E-state index contributed by atoms with van der Waals surface area (Å²) in [6.07, 6.45) is 2.97. The Labute approximate surface area is 109 Å². The molecule has 0 saturated heterocycles. The highest BCUT2D eigenvalue weighted by Gasteiger charge is 2.23. The van der Waals surface area contributed by atoms with Gasteiger partial charge in [-0.3, -0.25) is 4.79 Å². The van der Waals surface area contributed by atoms with Crippen LogP contribution in [0.5, 0.6) is 0 Å². The van der Waals surface area contributed by atoms with Gasteiger partial charge in [0.05, 0.1) is 6.10 Å². The smallest absolute Gasteiger partial charge is 0.162 e. The standard InChI is InChI=1S/C13H14BrNO2/c14-9-4-6-10(7-5-9)15-8-11-12(16)2-1-3-13(11)17/h4-8,12,15-16H,1-3H2/b11-8+. The number of benzene rings is 1. The predicted octanol–water partition coefficient (Wildman–Crippen LogP) is 2.86. The van der Waals surface area contributed by atoms with Crippen LogP contribution in [0.25, 0.3) is 0 Å². The van der Waals surface area contributed by atoms with Gasteiger partial charge in [-0.2, -0.15) is 0 Å². The Morgan fingerprint density at radius 1 is 1.35 bits per heavy atom. The van der Waals surface area contributed by atoms with E-state index in [9.17, 15) is 9.90 Å². The van der Waals surface area contributed by atoms with Crippen LogP contribution in [0.3, 0.4) is 0 Å². The van der Waals surface area contributed by atoms with Crippen molar-refractivity contribution in [2.24, 2.45) is 0 Å². The molecule has 1 atom stereocenters. The number of ketones is 1. The third kappa shape index (κ3) is 3.17. The topological polar surface area (TPSA) is 49.3 Å². The maximum atomic E-state index is 11.6. The minimum Gasteiger partial charge on any atom is -0.388 e. The summed E-state index contributed by atoms with van der Waals surface area (Å²) in [4.78, 5) is 11.6. The van der Waals surface area contributed by atoms with Gasteiger partial charge in [-0.15, -0.1) is 0 Å². The monoisotopic (exact) mass is 295 g/mol. The highest BCUT2D eigenvalue weighted by atomic mass is 79.9. The Morgan fingerprint density at radius 2 is 2.06 bits per heavy atom. The molecule has 0 aromatic heterocycles. The zero-order chi connectivity index (χ0) is 12.3. The number of hydrogen-bond acceptors (Lipinski definition) is 3. The lowest BCUT2D eigenvalue weighted by atomic mass is 9.91. The third-order valence-electron chi connectivity index (χ3n) is 2.80. The molecule has 1 aliphatic carbocycles. The Hall–Kier alpha value is -1.13. The molecule has 1 aromatic rings. The molecule has 0 amide bonds. The number of halogens is 1. The largest absolute Gasteiger partial charge is 0.388 e. The first-order chi connectivity index (χ1) is 8.16. The van der Waals surface area contributed by atoms with Gasteiger partial charge in [0.25, 0.3) is 0 Å². The molecule has 1 aromatic carbocycles. The molecular formula is C13H14BrNO2. The predicted molar refractivity (Wildman–Crippen MR) is 70.7 cm³/mol. The minimum absolute atomic E-state index is 0.0355. The molecule has 3 nitrogen and oxygen atoms in total. The maximum Gasteiger partial charge on any atom is 0.162 e. The summed E-state index contributed by atoms with van der Waals surface area (Å²) in [6, 6.07) is 7.64. The zero-order valence-corrected chi connectivity index (χ0v) is 10.9. The summed E-state index contributed by atoms with van der Waals surface area (Å²) in [5.41, 5.74) is 1.38. The Balaban J connectivity index is 2.08. The SMILES string of the molecule is O=C1CCCC(O)/C1=C\Nc1ccc(Br)cc1. The fraction of sp³-hybridized carbons (Fsp3) is 0.308. The van der Waals surface area contributed by atoms with Gasteiger partial charge in [0.2, 0.25) is 0 Å². The highest BCUT2D eigenvalue weighted by molar-refractivity contribution is 9.10. The molecule has 4 heteroatoms.